The number of hydrogen-bond acceptors (Lipinski definition) is 4. The third-order valence-electron chi connectivity index (χ3n) is 3.85. The third kappa shape index (κ3) is 3.59. The van der Waals surface area contributed by atoms with Crippen molar-refractivity contribution < 1.29 is 4.39 Å². The van der Waals surface area contributed by atoms with E-state index in [-0.39, 0.29) is 24.0 Å². The second-order valence-corrected chi connectivity index (χ2v) is 5.65. The summed E-state index contributed by atoms with van der Waals surface area (Å²) < 4.78 is 15.3. The van der Waals surface area contributed by atoms with Gasteiger partial charge in [-0.1, -0.05) is 30.2 Å². The highest BCUT2D eigenvalue weighted by Gasteiger charge is 2.15. The number of benzene rings is 2. The van der Waals surface area contributed by atoms with E-state index < -0.39 is 0 Å². The fraction of sp³-hybridized carbons (Fsp3) is 0.0500. The van der Waals surface area contributed by atoms with Crippen LogP contribution in [0.2, 0.25) is 0 Å². The van der Waals surface area contributed by atoms with Crippen molar-refractivity contribution in [3.8, 4) is 23.2 Å². The maximum atomic E-state index is 13.5. The molecule has 2 aromatic carbocycles. The minimum atomic E-state index is -0.333. The summed E-state index contributed by atoms with van der Waals surface area (Å²) in [6.45, 7) is 0. The highest BCUT2D eigenvalue weighted by Crippen LogP contribution is 2.25. The van der Waals surface area contributed by atoms with Gasteiger partial charge in [0, 0.05) is 18.2 Å². The van der Waals surface area contributed by atoms with E-state index >= 15 is 0 Å². The van der Waals surface area contributed by atoms with E-state index in [0.29, 0.717) is 28.4 Å². The van der Waals surface area contributed by atoms with Gasteiger partial charge in [0.2, 0.25) is 5.82 Å². The van der Waals surface area contributed by atoms with E-state index in [1.165, 1.54) is 12.1 Å². The van der Waals surface area contributed by atoms with E-state index in [0.717, 1.165) is 5.56 Å². The van der Waals surface area contributed by atoms with Gasteiger partial charge in [-0.3, -0.25) is 0 Å². The molecule has 4 rings (SSSR count). The van der Waals surface area contributed by atoms with Gasteiger partial charge < -0.3 is 10.3 Å². The quantitative estimate of drug-likeness (QED) is 0.515. The van der Waals surface area contributed by atoms with E-state index in [4.69, 9.17) is 5.73 Å². The number of fused-ring (bicyclic) bond motifs is 1. The topological polar surface area (TPSA) is 69.6 Å². The first kappa shape index (κ1) is 18.4. The maximum absolute atomic E-state index is 13.5. The van der Waals surface area contributed by atoms with Gasteiger partial charge in [-0.15, -0.1) is 12.4 Å². The Hall–Kier alpha value is -3.43. The molecule has 0 bridgehead atoms. The van der Waals surface area contributed by atoms with Gasteiger partial charge in [0.15, 0.2) is 17.0 Å². The molecule has 7 heteroatoms. The molecule has 1 radical (unpaired) electrons. The lowest BCUT2D eigenvalue weighted by atomic mass is 10.2. The summed E-state index contributed by atoms with van der Waals surface area (Å²) in [5, 5.41) is 0. The Bertz CT molecular complexity index is 1180. The molecule has 0 saturated carbocycles. The van der Waals surface area contributed by atoms with E-state index in [9.17, 15) is 4.39 Å². The number of aryl methyl sites for hydroxylation is 1. The van der Waals surface area contributed by atoms with Crippen LogP contribution in [-0.4, -0.2) is 19.5 Å². The number of hydrogen-bond donors (Lipinski definition) is 1. The van der Waals surface area contributed by atoms with Crippen molar-refractivity contribution in [1.82, 2.24) is 19.5 Å². The molecule has 0 aliphatic carbocycles. The monoisotopic (exact) mass is 378 g/mol. The zero-order valence-corrected chi connectivity index (χ0v) is 15.1. The van der Waals surface area contributed by atoms with Crippen LogP contribution in [0.15, 0.2) is 48.5 Å². The lowest BCUT2D eigenvalue weighted by Gasteiger charge is -2.02. The predicted octanol–water partition coefficient (Wildman–Crippen LogP) is 3.37. The molecule has 0 amide bonds. The van der Waals surface area contributed by atoms with E-state index in [2.05, 4.69) is 32.9 Å². The summed E-state index contributed by atoms with van der Waals surface area (Å²) in [5.41, 5.74) is 8.49. The summed E-state index contributed by atoms with van der Waals surface area (Å²) in [5.74, 6) is 6.64. The zero-order chi connectivity index (χ0) is 18.1. The van der Waals surface area contributed by atoms with Gasteiger partial charge in [0.1, 0.15) is 11.6 Å². The molecule has 5 nitrogen and oxygen atoms in total. The average molecular weight is 379 g/mol. The summed E-state index contributed by atoms with van der Waals surface area (Å²) >= 11 is 0. The lowest BCUT2D eigenvalue weighted by molar-refractivity contribution is 0.628. The zero-order valence-electron chi connectivity index (χ0n) is 14.3. The normalized spacial score (nSPS) is 10.1. The largest absolute Gasteiger partial charge is 0.382 e. The van der Waals surface area contributed by atoms with E-state index in [1.807, 2.05) is 12.1 Å². The molecular weight excluding hydrogens is 365 g/mol. The van der Waals surface area contributed by atoms with E-state index in [1.54, 1.807) is 35.9 Å². The summed E-state index contributed by atoms with van der Waals surface area (Å²) in [6, 6.07) is 16.5. The van der Waals surface area contributed by atoms with Crippen molar-refractivity contribution in [2.75, 3.05) is 5.73 Å². The first-order chi connectivity index (χ1) is 12.6. The Balaban J connectivity index is 0.00000210. The Morgan fingerprint density at radius 2 is 1.96 bits per heavy atom. The van der Waals surface area contributed by atoms with Gasteiger partial charge in [-0.2, -0.15) is 0 Å². The summed E-state index contributed by atoms with van der Waals surface area (Å²) in [4.78, 5) is 13.1. The molecule has 0 saturated heterocycles. The van der Waals surface area contributed by atoms with Gasteiger partial charge in [-0.25, -0.2) is 19.3 Å². The van der Waals surface area contributed by atoms with Crippen molar-refractivity contribution in [2.24, 2.45) is 7.05 Å². The SMILES string of the molecule is Cl.Cn1c(-c2cccc(F)c2)nc2c(N)nc(C#Cc3c[c]ccc3)nc21. The number of anilines is 1. The number of imidazole rings is 1. The summed E-state index contributed by atoms with van der Waals surface area (Å²) in [7, 11) is 1.80. The summed E-state index contributed by atoms with van der Waals surface area (Å²) in [6.07, 6.45) is 0. The number of nitrogens with two attached hydrogens (primary N) is 1. The van der Waals surface area contributed by atoms with Gasteiger partial charge >= 0.3 is 0 Å². The van der Waals surface area contributed by atoms with Crippen LogP contribution in [0.3, 0.4) is 0 Å². The third-order valence-corrected chi connectivity index (χ3v) is 3.85. The van der Waals surface area contributed by atoms with Crippen LogP contribution in [0.5, 0.6) is 0 Å². The van der Waals surface area contributed by atoms with Crippen LogP contribution < -0.4 is 5.73 Å². The van der Waals surface area contributed by atoms with Crippen molar-refractivity contribution in [2.45, 2.75) is 0 Å². The molecule has 2 aromatic heterocycles. The number of nitrogens with zero attached hydrogens (tertiary/aromatic N) is 4. The Labute approximate surface area is 161 Å². The fourth-order valence-electron chi connectivity index (χ4n) is 2.62. The molecule has 0 fully saturated rings. The van der Waals surface area contributed by atoms with Crippen LogP contribution in [0.4, 0.5) is 10.2 Å². The highest BCUT2D eigenvalue weighted by molar-refractivity contribution is 5.86. The van der Waals surface area contributed by atoms with Gasteiger partial charge in [0.05, 0.1) is 0 Å². The molecule has 0 spiro atoms. The predicted molar refractivity (Wildman–Crippen MR) is 105 cm³/mol. The van der Waals surface area contributed by atoms with Crippen LogP contribution in [0.25, 0.3) is 22.6 Å². The molecule has 0 aliphatic rings. The second kappa shape index (κ2) is 7.44. The number of rotatable bonds is 1. The average Bonchev–Trinajstić information content (AvgIpc) is 2.98. The van der Waals surface area contributed by atoms with Crippen molar-refractivity contribution in [3.63, 3.8) is 0 Å². The molecule has 4 aromatic rings. The Morgan fingerprint density at radius 1 is 1.11 bits per heavy atom. The molecule has 0 unspecified atom stereocenters. The molecule has 133 valence electrons. The minimum Gasteiger partial charge on any atom is -0.382 e. The van der Waals surface area contributed by atoms with Crippen molar-refractivity contribution >= 4 is 29.4 Å². The fourth-order valence-corrected chi connectivity index (χ4v) is 2.62. The van der Waals surface area contributed by atoms with Gasteiger partial charge in [0.25, 0.3) is 0 Å². The molecule has 2 N–H and O–H groups in total. The van der Waals surface area contributed by atoms with Crippen LogP contribution in [0, 0.1) is 23.7 Å². The standard InChI is InChI=1S/C20H13FN5.ClH/c1-26-19(14-8-5-9-15(21)12-14)25-17-18(22)23-16(24-20(17)26)11-10-13-6-3-2-4-7-13;/h2-3,5-9,12H,1H3,(H2,22,23,24);1H. The molecule has 0 atom stereocenters. The maximum Gasteiger partial charge on any atom is 0.209 e. The highest BCUT2D eigenvalue weighted by atomic mass is 35.5. The molecule has 0 aliphatic heterocycles. The van der Waals surface area contributed by atoms with Crippen molar-refractivity contribution in [1.29, 1.82) is 0 Å². The second-order valence-electron chi connectivity index (χ2n) is 5.65. The first-order valence-corrected chi connectivity index (χ1v) is 7.86. The number of aromatic nitrogens is 4. The first-order valence-electron chi connectivity index (χ1n) is 7.86. The Kier molecular flexibility index (Phi) is 5.06. The Morgan fingerprint density at radius 3 is 2.70 bits per heavy atom. The minimum absolute atomic E-state index is 0. The number of nitrogen functional groups attached to an aromatic ring is 1. The molecule has 27 heavy (non-hydrogen) atoms. The van der Waals surface area contributed by atoms with Crippen LogP contribution in [-0.2, 0) is 7.05 Å². The molecule has 2 heterocycles. The van der Waals surface area contributed by atoms with Crippen LogP contribution >= 0.6 is 12.4 Å². The van der Waals surface area contributed by atoms with Crippen LogP contribution in [0.1, 0.15) is 11.4 Å². The van der Waals surface area contributed by atoms with Crippen molar-refractivity contribution in [3.05, 3.63) is 71.8 Å². The molecular formula is C20H14ClFN5. The smallest absolute Gasteiger partial charge is 0.209 e. The number of halogens is 2. The lowest BCUT2D eigenvalue weighted by Crippen LogP contribution is -2.00. The van der Waals surface area contributed by atoms with Gasteiger partial charge in [-0.05, 0) is 36.3 Å².